The van der Waals surface area contributed by atoms with Crippen molar-refractivity contribution in [3.8, 4) is 5.75 Å². The van der Waals surface area contributed by atoms with E-state index >= 15 is 0 Å². The molecule has 0 saturated carbocycles. The Kier molecular flexibility index (Phi) is 9.81. The van der Waals surface area contributed by atoms with Gasteiger partial charge < -0.3 is 15.4 Å². The zero-order valence-corrected chi connectivity index (χ0v) is 22.0. The molecule has 0 spiro atoms. The Labute approximate surface area is 219 Å². The number of halogens is 1. The van der Waals surface area contributed by atoms with Crippen LogP contribution in [0.5, 0.6) is 5.75 Å². The van der Waals surface area contributed by atoms with Crippen molar-refractivity contribution >= 4 is 50.8 Å². The highest BCUT2D eigenvalue weighted by molar-refractivity contribution is 9.10. The normalized spacial score (nSPS) is 10.5. The highest BCUT2D eigenvalue weighted by atomic mass is 79.9. The molecule has 182 valence electrons. The quantitative estimate of drug-likeness (QED) is 0.301. The predicted molar refractivity (Wildman–Crippen MR) is 147 cm³/mol. The molecule has 3 rings (SSSR count). The number of amides is 2. The van der Waals surface area contributed by atoms with Gasteiger partial charge in [0.2, 0.25) is 0 Å². The summed E-state index contributed by atoms with van der Waals surface area (Å²) >= 11 is 8.76. The fourth-order valence-electron chi connectivity index (χ4n) is 3.24. The summed E-state index contributed by atoms with van der Waals surface area (Å²) in [7, 11) is 0. The zero-order valence-electron chi connectivity index (χ0n) is 19.6. The third kappa shape index (κ3) is 8.19. The third-order valence-electron chi connectivity index (χ3n) is 4.95. The number of rotatable bonds is 9. The summed E-state index contributed by atoms with van der Waals surface area (Å²) in [4.78, 5) is 25.7. The fraction of sp³-hybridized carbons (Fsp3) is 0.222. The number of thiocarbonyl (C=S) groups is 1. The molecule has 0 bridgehead atoms. The summed E-state index contributed by atoms with van der Waals surface area (Å²) in [6.07, 6.45) is 0.727. The van der Waals surface area contributed by atoms with E-state index in [1.807, 2.05) is 50.2 Å². The first-order valence-electron chi connectivity index (χ1n) is 11.3. The van der Waals surface area contributed by atoms with Crippen molar-refractivity contribution in [2.75, 3.05) is 18.5 Å². The zero-order chi connectivity index (χ0) is 25.2. The Bertz CT molecular complexity index is 1190. The summed E-state index contributed by atoms with van der Waals surface area (Å²) in [6.45, 7) is 5.05. The van der Waals surface area contributed by atoms with Gasteiger partial charge in [0.1, 0.15) is 5.75 Å². The van der Waals surface area contributed by atoms with Gasteiger partial charge in [0.15, 0.2) is 5.11 Å². The van der Waals surface area contributed by atoms with E-state index in [0.29, 0.717) is 41.6 Å². The SMILES string of the molecule is CC(C)COc1ccc(Br)cc1C(=O)NC(=S)Nc1ccccc1C(=O)NCCc1ccccc1. The molecule has 3 aromatic carbocycles. The van der Waals surface area contributed by atoms with Gasteiger partial charge in [-0.2, -0.15) is 0 Å². The lowest BCUT2D eigenvalue weighted by molar-refractivity contribution is 0.0952. The number of carbonyl (C=O) groups excluding carboxylic acids is 2. The highest BCUT2D eigenvalue weighted by Crippen LogP contribution is 2.24. The molecule has 8 heteroatoms. The molecule has 3 N–H and O–H groups in total. The van der Waals surface area contributed by atoms with Crippen LogP contribution in [0.4, 0.5) is 5.69 Å². The fourth-order valence-corrected chi connectivity index (χ4v) is 3.80. The molecule has 0 aliphatic rings. The van der Waals surface area contributed by atoms with Crippen molar-refractivity contribution in [3.63, 3.8) is 0 Å². The molecule has 0 aromatic heterocycles. The molecule has 0 saturated heterocycles. The van der Waals surface area contributed by atoms with Gasteiger partial charge >= 0.3 is 0 Å². The van der Waals surface area contributed by atoms with Crippen molar-refractivity contribution in [2.24, 2.45) is 5.92 Å². The maximum absolute atomic E-state index is 12.9. The van der Waals surface area contributed by atoms with Gasteiger partial charge in [-0.3, -0.25) is 14.9 Å². The van der Waals surface area contributed by atoms with Crippen molar-refractivity contribution in [1.82, 2.24) is 10.6 Å². The minimum atomic E-state index is -0.410. The van der Waals surface area contributed by atoms with E-state index in [2.05, 4.69) is 31.9 Å². The van der Waals surface area contributed by atoms with Crippen LogP contribution in [0.25, 0.3) is 0 Å². The lowest BCUT2D eigenvalue weighted by atomic mass is 10.1. The summed E-state index contributed by atoms with van der Waals surface area (Å²) in [6, 6.07) is 22.2. The summed E-state index contributed by atoms with van der Waals surface area (Å²) in [5.74, 6) is 0.148. The molecule has 3 aromatic rings. The van der Waals surface area contributed by atoms with Gasteiger partial charge in [-0.05, 0) is 60.5 Å². The van der Waals surface area contributed by atoms with E-state index < -0.39 is 5.91 Å². The average molecular weight is 555 g/mol. The number of para-hydroxylation sites is 1. The van der Waals surface area contributed by atoms with Crippen LogP contribution in [0.2, 0.25) is 0 Å². The number of carbonyl (C=O) groups is 2. The first kappa shape index (κ1) is 26.4. The summed E-state index contributed by atoms with van der Waals surface area (Å²) in [5.41, 5.74) is 2.43. The number of ether oxygens (including phenoxy) is 1. The predicted octanol–water partition coefficient (Wildman–Crippen LogP) is 5.58. The number of anilines is 1. The van der Waals surface area contributed by atoms with Gasteiger partial charge in [0.05, 0.1) is 23.4 Å². The van der Waals surface area contributed by atoms with Crippen molar-refractivity contribution < 1.29 is 14.3 Å². The maximum atomic E-state index is 12.9. The molecule has 6 nitrogen and oxygen atoms in total. The summed E-state index contributed by atoms with van der Waals surface area (Å²) < 4.78 is 6.54. The number of hydrogen-bond donors (Lipinski definition) is 3. The second-order valence-corrected chi connectivity index (χ2v) is 9.61. The topological polar surface area (TPSA) is 79.5 Å². The Morgan fingerprint density at radius 1 is 0.943 bits per heavy atom. The Morgan fingerprint density at radius 3 is 2.40 bits per heavy atom. The molecule has 35 heavy (non-hydrogen) atoms. The molecular formula is C27H28BrN3O3S. The number of nitrogens with one attached hydrogen (secondary N) is 3. The minimum absolute atomic E-state index is 0.0781. The monoisotopic (exact) mass is 553 g/mol. The third-order valence-corrected chi connectivity index (χ3v) is 5.64. The van der Waals surface area contributed by atoms with Gasteiger partial charge in [-0.1, -0.05) is 72.2 Å². The molecule has 0 radical (unpaired) electrons. The number of hydrogen-bond acceptors (Lipinski definition) is 4. The molecule has 0 unspecified atom stereocenters. The van der Waals surface area contributed by atoms with Crippen molar-refractivity contribution in [3.05, 3.63) is 94.0 Å². The van der Waals surface area contributed by atoms with Crippen LogP contribution in [-0.4, -0.2) is 30.1 Å². The van der Waals surface area contributed by atoms with Crippen molar-refractivity contribution in [1.29, 1.82) is 0 Å². The number of benzene rings is 3. The smallest absolute Gasteiger partial charge is 0.261 e. The Morgan fingerprint density at radius 2 is 1.66 bits per heavy atom. The second-order valence-electron chi connectivity index (χ2n) is 8.29. The van der Waals surface area contributed by atoms with Crippen LogP contribution >= 0.6 is 28.1 Å². The second kappa shape index (κ2) is 13.0. The largest absolute Gasteiger partial charge is 0.492 e. The van der Waals surface area contributed by atoms with Gasteiger partial charge in [-0.15, -0.1) is 0 Å². The van der Waals surface area contributed by atoms with Crippen LogP contribution in [0, 0.1) is 5.92 Å². The lowest BCUT2D eigenvalue weighted by Gasteiger charge is -2.16. The Hall–Kier alpha value is -3.23. The first-order chi connectivity index (χ1) is 16.8. The maximum Gasteiger partial charge on any atom is 0.261 e. The van der Waals surface area contributed by atoms with Crippen molar-refractivity contribution in [2.45, 2.75) is 20.3 Å². The first-order valence-corrected chi connectivity index (χ1v) is 12.5. The molecule has 0 atom stereocenters. The molecule has 0 aliphatic carbocycles. The minimum Gasteiger partial charge on any atom is -0.492 e. The van der Waals surface area contributed by atoms with E-state index in [4.69, 9.17) is 17.0 Å². The van der Waals surface area contributed by atoms with E-state index in [1.165, 1.54) is 0 Å². The van der Waals surface area contributed by atoms with E-state index in [-0.39, 0.29) is 11.0 Å². The lowest BCUT2D eigenvalue weighted by Crippen LogP contribution is -2.35. The Balaban J connectivity index is 1.63. The van der Waals surface area contributed by atoms with E-state index in [1.54, 1.807) is 36.4 Å². The molecule has 0 aliphatic heterocycles. The van der Waals surface area contributed by atoms with Gasteiger partial charge in [0.25, 0.3) is 11.8 Å². The van der Waals surface area contributed by atoms with E-state index in [9.17, 15) is 9.59 Å². The molecule has 2 amide bonds. The summed E-state index contributed by atoms with van der Waals surface area (Å²) in [5, 5.41) is 8.66. The van der Waals surface area contributed by atoms with Crippen LogP contribution in [0.15, 0.2) is 77.3 Å². The van der Waals surface area contributed by atoms with Gasteiger partial charge in [-0.25, -0.2) is 0 Å². The van der Waals surface area contributed by atoms with Crippen LogP contribution < -0.4 is 20.7 Å². The van der Waals surface area contributed by atoms with Crippen LogP contribution in [-0.2, 0) is 6.42 Å². The van der Waals surface area contributed by atoms with Crippen LogP contribution in [0.3, 0.4) is 0 Å². The van der Waals surface area contributed by atoms with Crippen LogP contribution in [0.1, 0.15) is 40.1 Å². The highest BCUT2D eigenvalue weighted by Gasteiger charge is 2.17. The standard InChI is InChI=1S/C27H28BrN3O3S/c1-18(2)17-34-24-13-12-20(28)16-22(24)26(33)31-27(35)30-23-11-7-6-10-21(23)25(32)29-15-14-19-8-4-3-5-9-19/h3-13,16,18H,14-15,17H2,1-2H3,(H,29,32)(H2,30,31,33,35). The molecule has 0 fully saturated rings. The van der Waals surface area contributed by atoms with Gasteiger partial charge in [0, 0.05) is 11.0 Å². The van der Waals surface area contributed by atoms with E-state index in [0.717, 1.165) is 16.5 Å². The molecule has 0 heterocycles. The average Bonchev–Trinajstić information content (AvgIpc) is 2.84. The molecular weight excluding hydrogens is 526 g/mol.